The zero-order chi connectivity index (χ0) is 12.6. The second-order valence-electron chi connectivity index (χ2n) is 3.66. The van der Waals surface area contributed by atoms with Crippen LogP contribution in [-0.4, -0.2) is 37.8 Å². The number of aliphatic carboxylic acids is 1. The van der Waals surface area contributed by atoms with Crippen LogP contribution in [0.25, 0.3) is 0 Å². The third-order valence-corrected chi connectivity index (χ3v) is 3.59. The highest BCUT2D eigenvalue weighted by atomic mass is 32.2. The number of nitrogens with one attached hydrogen (secondary N) is 1. The molecule has 0 rings (SSSR count). The summed E-state index contributed by atoms with van der Waals surface area (Å²) in [6, 6.07) is -0.250. The summed E-state index contributed by atoms with van der Waals surface area (Å²) in [4.78, 5) is 10.2. The number of hydrogen-bond donors (Lipinski definition) is 3. The summed E-state index contributed by atoms with van der Waals surface area (Å²) in [5.41, 5.74) is 5.42. The number of carboxylic acids is 1. The van der Waals surface area contributed by atoms with Gasteiger partial charge in [-0.2, -0.15) is 0 Å². The highest BCUT2D eigenvalue weighted by Crippen LogP contribution is 2.00. The molecule has 0 bridgehead atoms. The van der Waals surface area contributed by atoms with Crippen LogP contribution in [0.5, 0.6) is 0 Å². The van der Waals surface area contributed by atoms with E-state index in [1.165, 1.54) is 0 Å². The monoisotopic (exact) mass is 252 g/mol. The first-order valence-corrected chi connectivity index (χ1v) is 6.98. The minimum atomic E-state index is -3.40. The Morgan fingerprint density at radius 2 is 2.12 bits per heavy atom. The topological polar surface area (TPSA) is 109 Å². The third-order valence-electron chi connectivity index (χ3n) is 2.07. The number of carbonyl (C=O) groups is 1. The van der Waals surface area contributed by atoms with Gasteiger partial charge in [-0.15, -0.1) is 0 Å². The lowest BCUT2D eigenvalue weighted by atomic mass is 10.2. The minimum Gasteiger partial charge on any atom is -0.481 e. The summed E-state index contributed by atoms with van der Waals surface area (Å²) in [7, 11) is -3.40. The lowest BCUT2D eigenvalue weighted by Crippen LogP contribution is -2.41. The highest BCUT2D eigenvalue weighted by Gasteiger charge is 2.16. The van der Waals surface area contributed by atoms with Crippen molar-refractivity contribution in [2.75, 3.05) is 12.3 Å². The van der Waals surface area contributed by atoms with Crippen LogP contribution < -0.4 is 10.5 Å². The summed E-state index contributed by atoms with van der Waals surface area (Å²) in [5, 5.41) is 8.39. The van der Waals surface area contributed by atoms with Crippen LogP contribution in [0.4, 0.5) is 0 Å². The molecule has 0 fully saturated rings. The van der Waals surface area contributed by atoms with E-state index in [9.17, 15) is 13.2 Å². The molecule has 0 aromatic carbocycles. The van der Waals surface area contributed by atoms with Crippen LogP contribution in [0, 0.1) is 0 Å². The summed E-state index contributed by atoms with van der Waals surface area (Å²) < 4.78 is 25.5. The van der Waals surface area contributed by atoms with E-state index in [0.29, 0.717) is 6.42 Å². The van der Waals surface area contributed by atoms with Crippen molar-refractivity contribution >= 4 is 16.0 Å². The standard InChI is InChI=1S/C9H20N2O4S/c1-2-4-8(7-10)11-16(14,15)6-3-5-9(12)13/h8,11H,2-7,10H2,1H3,(H,12,13). The fourth-order valence-corrected chi connectivity index (χ4v) is 2.66. The van der Waals surface area contributed by atoms with Crippen molar-refractivity contribution in [2.45, 2.75) is 38.6 Å². The molecule has 0 aliphatic rings. The maximum Gasteiger partial charge on any atom is 0.303 e. The van der Waals surface area contributed by atoms with Gasteiger partial charge in [0.15, 0.2) is 0 Å². The van der Waals surface area contributed by atoms with E-state index in [4.69, 9.17) is 10.8 Å². The molecule has 0 spiro atoms. The molecular weight excluding hydrogens is 232 g/mol. The molecule has 16 heavy (non-hydrogen) atoms. The van der Waals surface area contributed by atoms with E-state index in [1.807, 2.05) is 6.92 Å². The number of hydrogen-bond acceptors (Lipinski definition) is 4. The first-order valence-electron chi connectivity index (χ1n) is 5.33. The Bertz CT molecular complexity index is 303. The smallest absolute Gasteiger partial charge is 0.303 e. The number of sulfonamides is 1. The summed E-state index contributed by atoms with van der Waals surface area (Å²) in [5.74, 6) is -1.15. The lowest BCUT2D eigenvalue weighted by Gasteiger charge is -2.15. The van der Waals surface area contributed by atoms with Crippen molar-refractivity contribution in [3.63, 3.8) is 0 Å². The Labute approximate surface area is 96.3 Å². The average molecular weight is 252 g/mol. The van der Waals surface area contributed by atoms with Gasteiger partial charge in [0.05, 0.1) is 5.75 Å². The van der Waals surface area contributed by atoms with Gasteiger partial charge in [0.25, 0.3) is 0 Å². The molecule has 7 heteroatoms. The van der Waals surface area contributed by atoms with Crippen LogP contribution in [0.3, 0.4) is 0 Å². The molecule has 96 valence electrons. The predicted octanol–water partition coefficient (Wildman–Crippen LogP) is -0.102. The van der Waals surface area contributed by atoms with Crippen LogP contribution >= 0.6 is 0 Å². The molecule has 6 nitrogen and oxygen atoms in total. The predicted molar refractivity (Wildman–Crippen MR) is 61.5 cm³/mol. The molecule has 1 unspecified atom stereocenters. The maximum absolute atomic E-state index is 11.5. The van der Waals surface area contributed by atoms with Crippen LogP contribution in [-0.2, 0) is 14.8 Å². The van der Waals surface area contributed by atoms with Gasteiger partial charge in [-0.05, 0) is 12.8 Å². The van der Waals surface area contributed by atoms with Gasteiger partial charge in [-0.3, -0.25) is 4.79 Å². The molecule has 0 saturated heterocycles. The summed E-state index contributed by atoms with van der Waals surface area (Å²) in [6.07, 6.45) is 1.52. The SMILES string of the molecule is CCCC(CN)NS(=O)(=O)CCCC(=O)O. The Morgan fingerprint density at radius 1 is 1.50 bits per heavy atom. The molecule has 0 heterocycles. The van der Waals surface area contributed by atoms with Gasteiger partial charge in [-0.25, -0.2) is 13.1 Å². The number of nitrogens with two attached hydrogens (primary N) is 1. The minimum absolute atomic E-state index is 0.119. The van der Waals surface area contributed by atoms with Gasteiger partial charge in [0, 0.05) is 19.0 Å². The largest absolute Gasteiger partial charge is 0.481 e. The van der Waals surface area contributed by atoms with Crippen molar-refractivity contribution in [1.29, 1.82) is 0 Å². The van der Waals surface area contributed by atoms with Crippen LogP contribution in [0.15, 0.2) is 0 Å². The van der Waals surface area contributed by atoms with Crippen molar-refractivity contribution < 1.29 is 18.3 Å². The zero-order valence-electron chi connectivity index (χ0n) is 9.48. The van der Waals surface area contributed by atoms with Gasteiger partial charge in [0.1, 0.15) is 0 Å². The zero-order valence-corrected chi connectivity index (χ0v) is 10.3. The third kappa shape index (κ3) is 7.61. The molecular formula is C9H20N2O4S. The molecule has 0 aromatic heterocycles. The molecule has 1 atom stereocenters. The van der Waals surface area contributed by atoms with E-state index in [-0.39, 0.29) is 31.2 Å². The first-order chi connectivity index (χ1) is 7.41. The Hall–Kier alpha value is -0.660. The van der Waals surface area contributed by atoms with Gasteiger partial charge >= 0.3 is 5.97 Å². The van der Waals surface area contributed by atoms with E-state index < -0.39 is 16.0 Å². The van der Waals surface area contributed by atoms with Gasteiger partial charge < -0.3 is 10.8 Å². The highest BCUT2D eigenvalue weighted by molar-refractivity contribution is 7.89. The second kappa shape index (κ2) is 7.59. The van der Waals surface area contributed by atoms with Crippen molar-refractivity contribution in [1.82, 2.24) is 4.72 Å². The Morgan fingerprint density at radius 3 is 2.56 bits per heavy atom. The van der Waals surface area contributed by atoms with E-state index in [0.717, 1.165) is 6.42 Å². The lowest BCUT2D eigenvalue weighted by molar-refractivity contribution is -0.137. The molecule has 0 saturated carbocycles. The second-order valence-corrected chi connectivity index (χ2v) is 5.53. The van der Waals surface area contributed by atoms with Crippen molar-refractivity contribution in [3.05, 3.63) is 0 Å². The van der Waals surface area contributed by atoms with E-state index in [2.05, 4.69) is 4.72 Å². The van der Waals surface area contributed by atoms with Crippen molar-refractivity contribution in [2.24, 2.45) is 5.73 Å². The molecule has 0 aliphatic heterocycles. The van der Waals surface area contributed by atoms with Gasteiger partial charge in [-0.1, -0.05) is 13.3 Å². The quantitative estimate of drug-likeness (QED) is 0.531. The first kappa shape index (κ1) is 15.3. The summed E-state index contributed by atoms with van der Waals surface area (Å²) in [6.45, 7) is 2.20. The maximum atomic E-state index is 11.5. The summed E-state index contributed by atoms with van der Waals surface area (Å²) >= 11 is 0. The average Bonchev–Trinajstić information content (AvgIpc) is 2.15. The Balaban J connectivity index is 4.07. The molecule has 0 aliphatic carbocycles. The fraction of sp³-hybridized carbons (Fsp3) is 0.889. The molecule has 0 radical (unpaired) electrons. The number of carboxylic acid groups (broad SMARTS) is 1. The molecule has 4 N–H and O–H groups in total. The molecule has 0 aromatic rings. The molecule has 0 amide bonds. The van der Waals surface area contributed by atoms with E-state index in [1.54, 1.807) is 0 Å². The fourth-order valence-electron chi connectivity index (χ4n) is 1.30. The van der Waals surface area contributed by atoms with E-state index >= 15 is 0 Å². The van der Waals surface area contributed by atoms with Crippen LogP contribution in [0.2, 0.25) is 0 Å². The Kier molecular flexibility index (Phi) is 7.27. The van der Waals surface area contributed by atoms with Crippen molar-refractivity contribution in [3.8, 4) is 0 Å². The van der Waals surface area contributed by atoms with Crippen LogP contribution in [0.1, 0.15) is 32.6 Å². The number of rotatable bonds is 9. The van der Waals surface area contributed by atoms with Gasteiger partial charge in [0.2, 0.25) is 10.0 Å². The normalized spacial score (nSPS) is 13.6.